The summed E-state index contributed by atoms with van der Waals surface area (Å²) in [5.74, 6) is 1.94. The number of pyridine rings is 1. The van der Waals surface area contributed by atoms with Crippen LogP contribution >= 0.6 is 0 Å². The maximum atomic E-state index is 10.0. The van der Waals surface area contributed by atoms with Crippen LogP contribution in [0.4, 0.5) is 5.82 Å². The fraction of sp³-hybridized carbons (Fsp3) is 0.375. The maximum Gasteiger partial charge on any atom is 0.126 e. The predicted octanol–water partition coefficient (Wildman–Crippen LogP) is 4.80. The van der Waals surface area contributed by atoms with Crippen LogP contribution in [0.1, 0.15) is 32.3 Å². The lowest BCUT2D eigenvalue weighted by Gasteiger charge is -2.32. The van der Waals surface area contributed by atoms with Crippen molar-refractivity contribution in [3.8, 4) is 11.5 Å². The first-order valence-corrected chi connectivity index (χ1v) is 10.4. The number of para-hydroxylation sites is 1. The monoisotopic (exact) mass is 391 g/mol. The molecule has 2 N–H and O–H groups in total. The molecule has 1 aromatic heterocycles. The van der Waals surface area contributed by atoms with E-state index in [2.05, 4.69) is 34.5 Å². The van der Waals surface area contributed by atoms with E-state index in [-0.39, 0.29) is 11.9 Å². The van der Waals surface area contributed by atoms with E-state index in [0.29, 0.717) is 6.04 Å². The van der Waals surface area contributed by atoms with E-state index >= 15 is 0 Å². The number of nitrogens with zero attached hydrogens (tertiary/aromatic N) is 2. The average molecular weight is 392 g/mol. The van der Waals surface area contributed by atoms with Crippen LogP contribution in [0.25, 0.3) is 10.9 Å². The SMILES string of the molecule is CC(C)Oc1cc(O)cc(CN2CCC(Nc3ccc4ccccc4n3)CC2)c1. The Morgan fingerprint density at radius 3 is 2.69 bits per heavy atom. The van der Waals surface area contributed by atoms with Gasteiger partial charge in [0.2, 0.25) is 0 Å². The van der Waals surface area contributed by atoms with Crippen LogP contribution in [0.5, 0.6) is 11.5 Å². The first-order chi connectivity index (χ1) is 14.0. The van der Waals surface area contributed by atoms with Gasteiger partial charge in [-0.05, 0) is 62.6 Å². The minimum atomic E-state index is 0.0928. The van der Waals surface area contributed by atoms with E-state index in [1.54, 1.807) is 6.07 Å². The van der Waals surface area contributed by atoms with E-state index in [9.17, 15) is 5.11 Å². The molecule has 2 heterocycles. The van der Waals surface area contributed by atoms with Crippen molar-refractivity contribution in [2.45, 2.75) is 45.4 Å². The summed E-state index contributed by atoms with van der Waals surface area (Å²) in [4.78, 5) is 7.16. The zero-order valence-corrected chi connectivity index (χ0v) is 17.1. The Morgan fingerprint density at radius 1 is 1.10 bits per heavy atom. The number of phenolic OH excluding ortho intramolecular Hbond substituents is 1. The second-order valence-electron chi connectivity index (χ2n) is 8.09. The molecule has 0 atom stereocenters. The normalized spacial score (nSPS) is 15.7. The van der Waals surface area contributed by atoms with Crippen molar-refractivity contribution in [3.63, 3.8) is 0 Å². The number of phenols is 1. The van der Waals surface area contributed by atoms with Gasteiger partial charge in [-0.1, -0.05) is 18.2 Å². The molecule has 1 aliphatic rings. The Morgan fingerprint density at radius 2 is 1.90 bits per heavy atom. The molecule has 2 aromatic carbocycles. The Balaban J connectivity index is 1.33. The molecule has 29 heavy (non-hydrogen) atoms. The number of likely N-dealkylation sites (tertiary alicyclic amines) is 1. The highest BCUT2D eigenvalue weighted by Crippen LogP contribution is 2.25. The van der Waals surface area contributed by atoms with E-state index in [4.69, 9.17) is 9.72 Å². The molecule has 0 aliphatic carbocycles. The first kappa shape index (κ1) is 19.5. The van der Waals surface area contributed by atoms with Crippen molar-refractivity contribution in [3.05, 3.63) is 60.2 Å². The third-order valence-corrected chi connectivity index (χ3v) is 5.27. The molecule has 0 bridgehead atoms. The number of rotatable bonds is 6. The molecule has 0 radical (unpaired) electrons. The second kappa shape index (κ2) is 8.70. The van der Waals surface area contributed by atoms with Crippen LogP contribution in [0.2, 0.25) is 0 Å². The minimum absolute atomic E-state index is 0.0928. The lowest BCUT2D eigenvalue weighted by atomic mass is 10.0. The van der Waals surface area contributed by atoms with E-state index in [1.165, 1.54) is 5.39 Å². The van der Waals surface area contributed by atoms with E-state index in [0.717, 1.165) is 55.1 Å². The summed E-state index contributed by atoms with van der Waals surface area (Å²) in [6.45, 7) is 6.84. The highest BCUT2D eigenvalue weighted by molar-refractivity contribution is 5.80. The molecule has 5 nitrogen and oxygen atoms in total. The number of fused-ring (bicyclic) bond motifs is 1. The van der Waals surface area contributed by atoms with Crippen LogP contribution in [-0.4, -0.2) is 40.2 Å². The predicted molar refractivity (Wildman–Crippen MR) is 118 cm³/mol. The number of ether oxygens (including phenoxy) is 1. The quantitative estimate of drug-likeness (QED) is 0.632. The van der Waals surface area contributed by atoms with Gasteiger partial charge in [0.25, 0.3) is 0 Å². The van der Waals surface area contributed by atoms with Crippen molar-refractivity contribution in [1.82, 2.24) is 9.88 Å². The standard InChI is InChI=1S/C24H29N3O2/c1-17(2)29-22-14-18(13-21(28)15-22)16-27-11-9-20(10-12-27)25-24-8-7-19-5-3-4-6-23(19)26-24/h3-8,13-15,17,20,28H,9-12,16H2,1-2H3,(H,25,26). The summed E-state index contributed by atoms with van der Waals surface area (Å²) in [5, 5.41) is 14.8. The zero-order chi connectivity index (χ0) is 20.2. The molecule has 0 spiro atoms. The van der Waals surface area contributed by atoms with Crippen molar-refractivity contribution in [2.24, 2.45) is 0 Å². The third kappa shape index (κ3) is 5.18. The van der Waals surface area contributed by atoms with Gasteiger partial charge in [0.05, 0.1) is 11.6 Å². The van der Waals surface area contributed by atoms with Crippen molar-refractivity contribution < 1.29 is 9.84 Å². The van der Waals surface area contributed by atoms with Gasteiger partial charge in [-0.15, -0.1) is 0 Å². The zero-order valence-electron chi connectivity index (χ0n) is 17.1. The van der Waals surface area contributed by atoms with Crippen molar-refractivity contribution >= 4 is 16.7 Å². The van der Waals surface area contributed by atoms with Crippen molar-refractivity contribution in [1.29, 1.82) is 0 Å². The van der Waals surface area contributed by atoms with Gasteiger partial charge in [-0.2, -0.15) is 0 Å². The van der Waals surface area contributed by atoms with Gasteiger partial charge in [0.1, 0.15) is 17.3 Å². The smallest absolute Gasteiger partial charge is 0.126 e. The molecule has 1 fully saturated rings. The van der Waals surface area contributed by atoms with Crippen LogP contribution in [0.15, 0.2) is 54.6 Å². The average Bonchev–Trinajstić information content (AvgIpc) is 2.68. The molecule has 0 amide bonds. The molecule has 3 aromatic rings. The third-order valence-electron chi connectivity index (χ3n) is 5.27. The van der Waals surface area contributed by atoms with E-state index in [1.807, 2.05) is 38.1 Å². The Bertz CT molecular complexity index is 965. The number of hydrogen-bond acceptors (Lipinski definition) is 5. The molecule has 5 heteroatoms. The highest BCUT2D eigenvalue weighted by Gasteiger charge is 2.20. The summed E-state index contributed by atoms with van der Waals surface area (Å²) in [6, 6.07) is 18.4. The van der Waals surface area contributed by atoms with Gasteiger partial charge in [-0.25, -0.2) is 4.98 Å². The summed E-state index contributed by atoms with van der Waals surface area (Å²) in [5.41, 5.74) is 2.11. The van der Waals surface area contributed by atoms with Crippen LogP contribution < -0.4 is 10.1 Å². The Kier molecular flexibility index (Phi) is 5.86. The number of nitrogens with one attached hydrogen (secondary N) is 1. The molecule has 0 unspecified atom stereocenters. The fourth-order valence-electron chi connectivity index (χ4n) is 3.92. The number of anilines is 1. The molecule has 1 saturated heterocycles. The van der Waals surface area contributed by atoms with Gasteiger partial charge in [0, 0.05) is 37.1 Å². The van der Waals surface area contributed by atoms with Gasteiger partial charge >= 0.3 is 0 Å². The summed E-state index contributed by atoms with van der Waals surface area (Å²) >= 11 is 0. The summed E-state index contributed by atoms with van der Waals surface area (Å²) < 4.78 is 5.74. The van der Waals surface area contributed by atoms with Crippen LogP contribution in [0.3, 0.4) is 0 Å². The summed E-state index contributed by atoms with van der Waals surface area (Å²) in [6.07, 6.45) is 2.24. The lowest BCUT2D eigenvalue weighted by molar-refractivity contribution is 0.209. The topological polar surface area (TPSA) is 57.6 Å². The number of hydrogen-bond donors (Lipinski definition) is 2. The number of aromatic hydroxyl groups is 1. The molecule has 1 aliphatic heterocycles. The number of benzene rings is 2. The highest BCUT2D eigenvalue weighted by atomic mass is 16.5. The molecular weight excluding hydrogens is 362 g/mol. The van der Waals surface area contributed by atoms with Crippen LogP contribution in [-0.2, 0) is 6.54 Å². The van der Waals surface area contributed by atoms with Gasteiger partial charge < -0.3 is 15.2 Å². The number of aromatic nitrogens is 1. The van der Waals surface area contributed by atoms with Crippen molar-refractivity contribution in [2.75, 3.05) is 18.4 Å². The molecule has 0 saturated carbocycles. The Labute approximate surface area is 172 Å². The molecule has 152 valence electrons. The first-order valence-electron chi connectivity index (χ1n) is 10.4. The summed E-state index contributed by atoms with van der Waals surface area (Å²) in [7, 11) is 0. The number of piperidine rings is 1. The fourth-order valence-corrected chi connectivity index (χ4v) is 3.92. The second-order valence-corrected chi connectivity index (χ2v) is 8.09. The van der Waals surface area contributed by atoms with Crippen LogP contribution in [0, 0.1) is 0 Å². The maximum absolute atomic E-state index is 10.0. The molecule has 4 rings (SSSR count). The Hall–Kier alpha value is -2.79. The molecular formula is C24H29N3O2. The minimum Gasteiger partial charge on any atom is -0.508 e. The lowest BCUT2D eigenvalue weighted by Crippen LogP contribution is -2.38. The largest absolute Gasteiger partial charge is 0.508 e. The van der Waals surface area contributed by atoms with Gasteiger partial charge in [-0.3, -0.25) is 4.90 Å². The van der Waals surface area contributed by atoms with E-state index < -0.39 is 0 Å². The van der Waals surface area contributed by atoms with Gasteiger partial charge in [0.15, 0.2) is 0 Å².